The van der Waals surface area contributed by atoms with Crippen molar-refractivity contribution in [1.29, 1.82) is 0 Å². The molecule has 0 spiro atoms. The van der Waals surface area contributed by atoms with Crippen LogP contribution in [0.4, 0.5) is 0 Å². The van der Waals surface area contributed by atoms with Crippen LogP contribution in [-0.2, 0) is 11.2 Å². The molecule has 0 amide bonds. The van der Waals surface area contributed by atoms with Crippen LogP contribution in [0, 0.1) is 0 Å². The maximum absolute atomic E-state index is 10.1. The molecule has 0 saturated carbocycles. The Bertz CT molecular complexity index is 303. The average molecular weight is 176 g/mol. The van der Waals surface area contributed by atoms with Crippen LogP contribution in [0.25, 0.3) is 6.08 Å². The topological polar surface area (TPSA) is 37.3 Å². The van der Waals surface area contributed by atoms with Crippen LogP contribution >= 0.6 is 0 Å². The van der Waals surface area contributed by atoms with E-state index >= 15 is 0 Å². The molecule has 0 radical (unpaired) electrons. The third kappa shape index (κ3) is 2.84. The van der Waals surface area contributed by atoms with E-state index in [1.165, 1.54) is 6.08 Å². The zero-order valence-electron chi connectivity index (χ0n) is 7.31. The number of rotatable bonds is 4. The fourth-order valence-electron chi connectivity index (χ4n) is 1.19. The molecule has 68 valence electrons. The minimum atomic E-state index is 0.131. The fourth-order valence-corrected chi connectivity index (χ4v) is 1.19. The lowest BCUT2D eigenvalue weighted by Gasteiger charge is -2.02. The van der Waals surface area contributed by atoms with Crippen molar-refractivity contribution >= 4 is 12.4 Å². The Kier molecular flexibility index (Phi) is 3.93. The first-order chi connectivity index (χ1) is 6.38. The molecule has 0 saturated heterocycles. The van der Waals surface area contributed by atoms with E-state index in [0.717, 1.165) is 17.4 Å². The molecule has 0 aliphatic rings. The summed E-state index contributed by atoms with van der Waals surface area (Å²) in [5, 5.41) is 8.78. The van der Waals surface area contributed by atoms with Crippen LogP contribution < -0.4 is 0 Å². The molecule has 0 atom stereocenters. The Morgan fingerprint density at radius 1 is 1.31 bits per heavy atom. The first-order valence-electron chi connectivity index (χ1n) is 4.19. The number of allylic oxidation sites excluding steroid dienone is 1. The van der Waals surface area contributed by atoms with Crippen LogP contribution in [-0.4, -0.2) is 18.0 Å². The molecule has 1 N–H and O–H groups in total. The summed E-state index contributed by atoms with van der Waals surface area (Å²) in [6.07, 6.45) is 4.57. The lowest BCUT2D eigenvalue weighted by atomic mass is 10.0. The number of carbonyl (C=O) groups is 1. The summed E-state index contributed by atoms with van der Waals surface area (Å²) < 4.78 is 0. The number of aliphatic hydroxyl groups excluding tert-OH is 1. The van der Waals surface area contributed by atoms with Crippen molar-refractivity contribution < 1.29 is 9.90 Å². The molecule has 2 heteroatoms. The van der Waals surface area contributed by atoms with Gasteiger partial charge in [0.1, 0.15) is 6.29 Å². The second kappa shape index (κ2) is 5.27. The number of hydrogen-bond acceptors (Lipinski definition) is 2. The number of aldehydes is 1. The van der Waals surface area contributed by atoms with E-state index in [4.69, 9.17) is 5.11 Å². The Morgan fingerprint density at radius 3 is 2.77 bits per heavy atom. The van der Waals surface area contributed by atoms with Crippen LogP contribution in [0.1, 0.15) is 11.1 Å². The van der Waals surface area contributed by atoms with Crippen molar-refractivity contribution in [1.82, 2.24) is 0 Å². The average Bonchev–Trinajstić information content (AvgIpc) is 2.17. The SMILES string of the molecule is O=CC=Cc1ccccc1CCO. The highest BCUT2D eigenvalue weighted by atomic mass is 16.2. The zero-order valence-corrected chi connectivity index (χ0v) is 7.31. The van der Waals surface area contributed by atoms with E-state index in [9.17, 15) is 4.79 Å². The maximum atomic E-state index is 10.1. The van der Waals surface area contributed by atoms with E-state index in [0.29, 0.717) is 6.42 Å². The van der Waals surface area contributed by atoms with Gasteiger partial charge < -0.3 is 5.11 Å². The molecule has 1 aromatic carbocycles. The molecular formula is C11H12O2. The Hall–Kier alpha value is -1.41. The second-order valence-electron chi connectivity index (χ2n) is 2.67. The van der Waals surface area contributed by atoms with Crippen LogP contribution in [0.2, 0.25) is 0 Å². The first kappa shape index (κ1) is 9.68. The summed E-state index contributed by atoms with van der Waals surface area (Å²) in [6.45, 7) is 0.131. The maximum Gasteiger partial charge on any atom is 0.142 e. The largest absolute Gasteiger partial charge is 0.396 e. The molecule has 1 aromatic rings. The minimum Gasteiger partial charge on any atom is -0.396 e. The molecule has 0 fully saturated rings. The molecule has 2 nitrogen and oxygen atoms in total. The van der Waals surface area contributed by atoms with Crippen LogP contribution in [0.3, 0.4) is 0 Å². The molecule has 0 unspecified atom stereocenters. The monoisotopic (exact) mass is 176 g/mol. The number of carbonyl (C=O) groups excluding carboxylic acids is 1. The Morgan fingerprint density at radius 2 is 2.08 bits per heavy atom. The van der Waals surface area contributed by atoms with E-state index in [-0.39, 0.29) is 6.61 Å². The number of aliphatic hydroxyl groups is 1. The Labute approximate surface area is 77.5 Å². The molecule has 13 heavy (non-hydrogen) atoms. The van der Waals surface area contributed by atoms with Gasteiger partial charge in [-0.25, -0.2) is 0 Å². The molecule has 0 aromatic heterocycles. The van der Waals surface area contributed by atoms with Gasteiger partial charge in [0.2, 0.25) is 0 Å². The smallest absolute Gasteiger partial charge is 0.142 e. The Balaban J connectivity index is 2.90. The molecular weight excluding hydrogens is 164 g/mol. The van der Waals surface area contributed by atoms with Crippen molar-refractivity contribution in [2.75, 3.05) is 6.61 Å². The molecule has 0 heterocycles. The van der Waals surface area contributed by atoms with Crippen LogP contribution in [0.5, 0.6) is 0 Å². The van der Waals surface area contributed by atoms with Crippen molar-refractivity contribution in [2.24, 2.45) is 0 Å². The van der Waals surface area contributed by atoms with Gasteiger partial charge in [0.05, 0.1) is 0 Å². The molecule has 0 bridgehead atoms. The van der Waals surface area contributed by atoms with E-state index in [1.54, 1.807) is 6.08 Å². The summed E-state index contributed by atoms with van der Waals surface area (Å²) >= 11 is 0. The highest BCUT2D eigenvalue weighted by Crippen LogP contribution is 2.10. The van der Waals surface area contributed by atoms with E-state index in [2.05, 4.69) is 0 Å². The molecule has 0 aliphatic carbocycles. The third-order valence-corrected chi connectivity index (χ3v) is 1.79. The highest BCUT2D eigenvalue weighted by Gasteiger charge is 1.96. The third-order valence-electron chi connectivity index (χ3n) is 1.79. The van der Waals surface area contributed by atoms with Gasteiger partial charge in [0, 0.05) is 6.61 Å². The van der Waals surface area contributed by atoms with E-state index in [1.807, 2.05) is 24.3 Å². The summed E-state index contributed by atoms with van der Waals surface area (Å²) in [4.78, 5) is 10.1. The van der Waals surface area contributed by atoms with Crippen molar-refractivity contribution in [3.8, 4) is 0 Å². The normalized spacial score (nSPS) is 10.5. The molecule has 0 aliphatic heterocycles. The predicted octanol–water partition coefficient (Wildman–Crippen LogP) is 1.43. The number of benzene rings is 1. The standard InChI is InChI=1S/C11H12O2/c12-8-3-6-10-4-1-2-5-11(10)7-9-13/h1-6,8,13H,7,9H2. The van der Waals surface area contributed by atoms with Gasteiger partial charge >= 0.3 is 0 Å². The minimum absolute atomic E-state index is 0.131. The summed E-state index contributed by atoms with van der Waals surface area (Å²) in [5.41, 5.74) is 2.05. The second-order valence-corrected chi connectivity index (χ2v) is 2.67. The van der Waals surface area contributed by atoms with Gasteiger partial charge in [-0.1, -0.05) is 30.3 Å². The van der Waals surface area contributed by atoms with Gasteiger partial charge in [0.25, 0.3) is 0 Å². The van der Waals surface area contributed by atoms with Crippen molar-refractivity contribution in [3.63, 3.8) is 0 Å². The van der Waals surface area contributed by atoms with Crippen molar-refractivity contribution in [2.45, 2.75) is 6.42 Å². The number of hydrogen-bond donors (Lipinski definition) is 1. The van der Waals surface area contributed by atoms with Crippen LogP contribution in [0.15, 0.2) is 30.3 Å². The van der Waals surface area contributed by atoms with Crippen molar-refractivity contribution in [3.05, 3.63) is 41.5 Å². The lowest BCUT2D eigenvalue weighted by molar-refractivity contribution is -0.104. The molecule has 1 rings (SSSR count). The van der Waals surface area contributed by atoms with Gasteiger partial charge in [-0.05, 0) is 23.6 Å². The quantitative estimate of drug-likeness (QED) is 0.556. The fraction of sp³-hybridized carbons (Fsp3) is 0.182. The van der Waals surface area contributed by atoms with Gasteiger partial charge in [0.15, 0.2) is 0 Å². The van der Waals surface area contributed by atoms with Gasteiger partial charge in [-0.2, -0.15) is 0 Å². The van der Waals surface area contributed by atoms with E-state index < -0.39 is 0 Å². The van der Waals surface area contributed by atoms with Gasteiger partial charge in [-0.15, -0.1) is 0 Å². The summed E-state index contributed by atoms with van der Waals surface area (Å²) in [5.74, 6) is 0. The predicted molar refractivity (Wildman–Crippen MR) is 52.3 cm³/mol. The van der Waals surface area contributed by atoms with Gasteiger partial charge in [-0.3, -0.25) is 4.79 Å². The first-order valence-corrected chi connectivity index (χ1v) is 4.19. The highest BCUT2D eigenvalue weighted by molar-refractivity contribution is 5.74. The summed E-state index contributed by atoms with van der Waals surface area (Å²) in [6, 6.07) is 7.69. The lowest BCUT2D eigenvalue weighted by Crippen LogP contribution is -1.93. The summed E-state index contributed by atoms with van der Waals surface area (Å²) in [7, 11) is 0. The zero-order chi connectivity index (χ0) is 9.52.